The van der Waals surface area contributed by atoms with Gasteiger partial charge in [-0.25, -0.2) is 0 Å². The molecule has 2 saturated carbocycles. The molecule has 0 aliphatic heterocycles. The molecule has 0 bridgehead atoms. The third kappa shape index (κ3) is 3.86. The predicted molar refractivity (Wildman–Crippen MR) is 81.6 cm³/mol. The van der Waals surface area contributed by atoms with Crippen LogP contribution in [0.25, 0.3) is 0 Å². The van der Waals surface area contributed by atoms with Crippen LogP contribution in [0, 0.1) is 12.8 Å². The van der Waals surface area contributed by atoms with E-state index in [2.05, 4.69) is 37.1 Å². The van der Waals surface area contributed by atoms with E-state index in [1.807, 2.05) is 0 Å². The Hall–Kier alpha value is -0.800. The van der Waals surface area contributed by atoms with Crippen molar-refractivity contribution in [3.05, 3.63) is 23.2 Å². The van der Waals surface area contributed by atoms with Crippen molar-refractivity contribution in [3.63, 3.8) is 0 Å². The summed E-state index contributed by atoms with van der Waals surface area (Å²) >= 11 is 0. The highest BCUT2D eigenvalue weighted by atomic mass is 16.3. The lowest BCUT2D eigenvalue weighted by Gasteiger charge is -2.23. The molecule has 3 nitrogen and oxygen atoms in total. The minimum Gasteiger partial charge on any atom is -0.465 e. The molecule has 0 aromatic carbocycles. The van der Waals surface area contributed by atoms with Gasteiger partial charge in [0, 0.05) is 30.7 Å². The Labute approximate surface area is 122 Å². The molecule has 20 heavy (non-hydrogen) atoms. The molecule has 1 aromatic rings. The van der Waals surface area contributed by atoms with E-state index >= 15 is 0 Å². The van der Waals surface area contributed by atoms with Gasteiger partial charge in [-0.2, -0.15) is 0 Å². The molecule has 2 aliphatic rings. The second-order valence-corrected chi connectivity index (χ2v) is 7.00. The third-order valence-electron chi connectivity index (χ3n) is 4.25. The molecule has 1 aromatic heterocycles. The highest BCUT2D eigenvalue weighted by Crippen LogP contribution is 2.30. The zero-order valence-corrected chi connectivity index (χ0v) is 13.1. The van der Waals surface area contributed by atoms with Crippen molar-refractivity contribution >= 4 is 0 Å². The Kier molecular flexibility index (Phi) is 4.18. The summed E-state index contributed by atoms with van der Waals surface area (Å²) in [4.78, 5) is 2.64. The number of hydrogen-bond donors (Lipinski definition) is 1. The van der Waals surface area contributed by atoms with Crippen molar-refractivity contribution in [2.24, 2.45) is 5.92 Å². The van der Waals surface area contributed by atoms with Crippen molar-refractivity contribution < 1.29 is 4.42 Å². The summed E-state index contributed by atoms with van der Waals surface area (Å²) in [6.45, 7) is 9.87. The van der Waals surface area contributed by atoms with E-state index in [0.29, 0.717) is 0 Å². The molecule has 0 spiro atoms. The van der Waals surface area contributed by atoms with Gasteiger partial charge in [0.25, 0.3) is 0 Å². The van der Waals surface area contributed by atoms with Crippen molar-refractivity contribution in [2.45, 2.75) is 71.6 Å². The lowest BCUT2D eigenvalue weighted by atomic mass is 10.1. The molecule has 0 amide bonds. The maximum Gasteiger partial charge on any atom is 0.118 e. The number of aryl methyl sites for hydroxylation is 1. The molecule has 0 saturated heterocycles. The fourth-order valence-corrected chi connectivity index (χ4v) is 2.83. The molecule has 0 radical (unpaired) electrons. The van der Waals surface area contributed by atoms with Crippen molar-refractivity contribution in [1.29, 1.82) is 0 Å². The first kappa shape index (κ1) is 14.2. The Morgan fingerprint density at radius 3 is 2.65 bits per heavy atom. The minimum absolute atomic E-state index is 0.735. The van der Waals surface area contributed by atoms with Crippen LogP contribution in [-0.4, -0.2) is 23.5 Å². The summed E-state index contributed by atoms with van der Waals surface area (Å²) in [5.74, 6) is 2.94. The SMILES string of the molecule is Cc1oc(CNC2CC2)cc1CN(CC(C)C)C1CC1. The van der Waals surface area contributed by atoms with E-state index in [-0.39, 0.29) is 0 Å². The van der Waals surface area contributed by atoms with Crippen LogP contribution in [0.15, 0.2) is 10.5 Å². The second-order valence-electron chi connectivity index (χ2n) is 7.00. The summed E-state index contributed by atoms with van der Waals surface area (Å²) in [6.07, 6.45) is 5.41. The average molecular weight is 276 g/mol. The van der Waals surface area contributed by atoms with Gasteiger partial charge in [0.1, 0.15) is 11.5 Å². The highest BCUT2D eigenvalue weighted by Gasteiger charge is 2.30. The summed E-state index contributed by atoms with van der Waals surface area (Å²) in [7, 11) is 0. The van der Waals surface area contributed by atoms with Gasteiger partial charge in [-0.3, -0.25) is 4.90 Å². The van der Waals surface area contributed by atoms with E-state index < -0.39 is 0 Å². The minimum atomic E-state index is 0.735. The van der Waals surface area contributed by atoms with Crippen LogP contribution in [0.1, 0.15) is 56.6 Å². The first-order valence-corrected chi connectivity index (χ1v) is 8.17. The number of furan rings is 1. The first-order valence-electron chi connectivity index (χ1n) is 8.17. The van der Waals surface area contributed by atoms with Gasteiger partial charge in [0.05, 0.1) is 6.54 Å². The van der Waals surface area contributed by atoms with Crippen LogP contribution in [0.5, 0.6) is 0 Å². The predicted octanol–water partition coefficient (Wildman–Crippen LogP) is 3.46. The van der Waals surface area contributed by atoms with Gasteiger partial charge in [0.15, 0.2) is 0 Å². The van der Waals surface area contributed by atoms with E-state index in [1.165, 1.54) is 37.8 Å². The Balaban J connectivity index is 1.59. The van der Waals surface area contributed by atoms with Crippen molar-refractivity contribution in [3.8, 4) is 0 Å². The number of hydrogen-bond acceptors (Lipinski definition) is 3. The zero-order chi connectivity index (χ0) is 14.1. The van der Waals surface area contributed by atoms with Crippen LogP contribution in [0.4, 0.5) is 0 Å². The molecular formula is C17H28N2O. The third-order valence-corrected chi connectivity index (χ3v) is 4.25. The van der Waals surface area contributed by atoms with Gasteiger partial charge >= 0.3 is 0 Å². The normalized spacial score (nSPS) is 19.2. The van der Waals surface area contributed by atoms with Gasteiger partial charge < -0.3 is 9.73 Å². The lowest BCUT2D eigenvalue weighted by Crippen LogP contribution is -2.29. The average Bonchev–Trinajstić information content (AvgIpc) is 3.26. The Morgan fingerprint density at radius 1 is 1.30 bits per heavy atom. The fraction of sp³-hybridized carbons (Fsp3) is 0.765. The first-order chi connectivity index (χ1) is 9.61. The summed E-state index contributed by atoms with van der Waals surface area (Å²) in [6, 6.07) is 3.83. The molecule has 0 atom stereocenters. The summed E-state index contributed by atoms with van der Waals surface area (Å²) < 4.78 is 5.91. The molecule has 1 N–H and O–H groups in total. The largest absolute Gasteiger partial charge is 0.465 e. The van der Waals surface area contributed by atoms with E-state index in [9.17, 15) is 0 Å². The Morgan fingerprint density at radius 2 is 2.05 bits per heavy atom. The monoisotopic (exact) mass is 276 g/mol. The molecule has 1 heterocycles. The Bertz CT molecular complexity index is 444. The number of rotatable bonds is 8. The molecule has 2 fully saturated rings. The maximum absolute atomic E-state index is 5.91. The quantitative estimate of drug-likeness (QED) is 0.788. The van der Waals surface area contributed by atoms with Gasteiger partial charge in [-0.1, -0.05) is 13.8 Å². The zero-order valence-electron chi connectivity index (χ0n) is 13.1. The molecule has 3 heteroatoms. The van der Waals surface area contributed by atoms with E-state index in [0.717, 1.165) is 42.6 Å². The summed E-state index contributed by atoms with van der Waals surface area (Å²) in [5, 5.41) is 3.53. The van der Waals surface area contributed by atoms with Crippen LogP contribution in [0.3, 0.4) is 0 Å². The van der Waals surface area contributed by atoms with Crippen LogP contribution in [0.2, 0.25) is 0 Å². The van der Waals surface area contributed by atoms with E-state index in [1.54, 1.807) is 0 Å². The van der Waals surface area contributed by atoms with Gasteiger partial charge in [0.2, 0.25) is 0 Å². The molecule has 3 rings (SSSR count). The maximum atomic E-state index is 5.91. The van der Waals surface area contributed by atoms with Crippen molar-refractivity contribution in [2.75, 3.05) is 6.54 Å². The molecule has 0 unspecified atom stereocenters. The fourth-order valence-electron chi connectivity index (χ4n) is 2.83. The molecule has 112 valence electrons. The van der Waals surface area contributed by atoms with Gasteiger partial charge in [-0.15, -0.1) is 0 Å². The second kappa shape index (κ2) is 5.90. The van der Waals surface area contributed by atoms with E-state index in [4.69, 9.17) is 4.42 Å². The smallest absolute Gasteiger partial charge is 0.118 e. The lowest BCUT2D eigenvalue weighted by molar-refractivity contribution is 0.225. The van der Waals surface area contributed by atoms with Crippen molar-refractivity contribution in [1.82, 2.24) is 10.2 Å². The van der Waals surface area contributed by atoms with Crippen LogP contribution in [-0.2, 0) is 13.1 Å². The summed E-state index contributed by atoms with van der Waals surface area (Å²) in [5.41, 5.74) is 1.38. The standard InChI is InChI=1S/C17H28N2O/c1-12(2)10-19(16-6-7-16)11-14-8-17(20-13(14)3)9-18-15-4-5-15/h8,12,15-16,18H,4-7,9-11H2,1-3H3. The van der Waals surface area contributed by atoms with Gasteiger partial charge in [-0.05, 0) is 44.6 Å². The molecular weight excluding hydrogens is 248 g/mol. The number of nitrogens with one attached hydrogen (secondary N) is 1. The topological polar surface area (TPSA) is 28.4 Å². The van der Waals surface area contributed by atoms with Crippen LogP contribution >= 0.6 is 0 Å². The number of nitrogens with zero attached hydrogens (tertiary/aromatic N) is 1. The molecule has 2 aliphatic carbocycles. The van der Waals surface area contributed by atoms with Crippen LogP contribution < -0.4 is 5.32 Å². The highest BCUT2D eigenvalue weighted by molar-refractivity contribution is 5.21.